The van der Waals surface area contributed by atoms with Crippen molar-refractivity contribution >= 4 is 29.7 Å². The van der Waals surface area contributed by atoms with Crippen molar-refractivity contribution in [3.05, 3.63) is 47.1 Å². The highest BCUT2D eigenvalue weighted by Crippen LogP contribution is 2.28. The number of nitrogens with one attached hydrogen (secondary N) is 2. The first-order valence-corrected chi connectivity index (χ1v) is 7.91. The molecule has 1 saturated heterocycles. The van der Waals surface area contributed by atoms with Crippen molar-refractivity contribution in [2.75, 3.05) is 13.1 Å². The lowest BCUT2D eigenvalue weighted by atomic mass is 10.1. The summed E-state index contributed by atoms with van der Waals surface area (Å²) in [5.74, 6) is -0.264. The van der Waals surface area contributed by atoms with Gasteiger partial charge in [0.25, 0.3) is 5.91 Å². The Morgan fingerprint density at radius 3 is 2.50 bits per heavy atom. The molecular formula is C16H18ClFN2OS. The molecular weight excluding hydrogens is 323 g/mol. The summed E-state index contributed by atoms with van der Waals surface area (Å²) >= 11 is 1.44. The van der Waals surface area contributed by atoms with Crippen LogP contribution in [0.5, 0.6) is 0 Å². The summed E-state index contributed by atoms with van der Waals surface area (Å²) in [5, 5.41) is 6.36. The second kappa shape index (κ2) is 7.72. The van der Waals surface area contributed by atoms with E-state index < -0.39 is 0 Å². The molecule has 0 unspecified atom stereocenters. The maximum absolute atomic E-state index is 12.9. The van der Waals surface area contributed by atoms with Gasteiger partial charge in [0, 0.05) is 10.9 Å². The second-order valence-corrected chi connectivity index (χ2v) is 6.25. The fraction of sp³-hybridized carbons (Fsp3) is 0.312. The molecule has 3 rings (SSSR count). The molecule has 1 aliphatic rings. The zero-order valence-electron chi connectivity index (χ0n) is 12.0. The molecule has 1 aromatic heterocycles. The van der Waals surface area contributed by atoms with Gasteiger partial charge in [-0.25, -0.2) is 4.39 Å². The van der Waals surface area contributed by atoms with Gasteiger partial charge in [-0.05, 0) is 55.8 Å². The Hall–Kier alpha value is -1.43. The van der Waals surface area contributed by atoms with Gasteiger partial charge < -0.3 is 10.6 Å². The van der Waals surface area contributed by atoms with Crippen molar-refractivity contribution in [1.29, 1.82) is 0 Å². The molecule has 22 heavy (non-hydrogen) atoms. The Labute approximate surface area is 139 Å². The first-order valence-electron chi connectivity index (χ1n) is 7.10. The van der Waals surface area contributed by atoms with E-state index in [1.807, 2.05) is 12.1 Å². The number of amides is 1. The first kappa shape index (κ1) is 16.9. The van der Waals surface area contributed by atoms with Crippen molar-refractivity contribution in [2.45, 2.75) is 18.9 Å². The highest BCUT2D eigenvalue weighted by atomic mass is 35.5. The van der Waals surface area contributed by atoms with Crippen molar-refractivity contribution in [3.63, 3.8) is 0 Å². The van der Waals surface area contributed by atoms with Gasteiger partial charge in [0.05, 0.1) is 4.88 Å². The normalized spacial score (nSPS) is 15.1. The van der Waals surface area contributed by atoms with E-state index in [9.17, 15) is 9.18 Å². The number of hydrogen-bond donors (Lipinski definition) is 2. The van der Waals surface area contributed by atoms with Gasteiger partial charge in [-0.2, -0.15) is 0 Å². The minimum absolute atomic E-state index is 0. The Morgan fingerprint density at radius 1 is 1.14 bits per heavy atom. The maximum atomic E-state index is 12.9. The summed E-state index contributed by atoms with van der Waals surface area (Å²) in [6, 6.07) is 10.3. The van der Waals surface area contributed by atoms with E-state index >= 15 is 0 Å². The van der Waals surface area contributed by atoms with E-state index in [1.54, 1.807) is 12.1 Å². The molecule has 0 atom stereocenters. The molecule has 0 bridgehead atoms. The quantitative estimate of drug-likeness (QED) is 0.898. The van der Waals surface area contributed by atoms with Gasteiger partial charge in [-0.15, -0.1) is 23.7 Å². The third-order valence-corrected chi connectivity index (χ3v) is 4.77. The Bertz CT molecular complexity index is 623. The largest absolute Gasteiger partial charge is 0.349 e. The molecule has 1 amide bonds. The maximum Gasteiger partial charge on any atom is 0.261 e. The zero-order valence-corrected chi connectivity index (χ0v) is 13.6. The van der Waals surface area contributed by atoms with Crippen molar-refractivity contribution < 1.29 is 9.18 Å². The highest BCUT2D eigenvalue weighted by Gasteiger charge is 2.17. The summed E-state index contributed by atoms with van der Waals surface area (Å²) < 4.78 is 12.9. The standard InChI is InChI=1S/C16H17FN2OS.ClH/c17-12-3-1-11(2-4-12)14-5-6-15(21-14)16(20)19-13-7-9-18-10-8-13;/h1-6,13,18H,7-10H2,(H,19,20);1H. The summed E-state index contributed by atoms with van der Waals surface area (Å²) in [4.78, 5) is 13.9. The van der Waals surface area contributed by atoms with Crippen LogP contribution in [0.15, 0.2) is 36.4 Å². The fourth-order valence-corrected chi connectivity index (χ4v) is 3.37. The third-order valence-electron chi connectivity index (χ3n) is 3.63. The fourth-order valence-electron chi connectivity index (χ4n) is 2.45. The van der Waals surface area contributed by atoms with E-state index in [-0.39, 0.29) is 30.2 Å². The lowest BCUT2D eigenvalue weighted by molar-refractivity contribution is 0.0933. The third kappa shape index (κ3) is 4.06. The smallest absolute Gasteiger partial charge is 0.261 e. The number of benzene rings is 1. The Balaban J connectivity index is 0.00000176. The SMILES string of the molecule is Cl.O=C(NC1CCNCC1)c1ccc(-c2ccc(F)cc2)s1. The number of thiophene rings is 1. The molecule has 118 valence electrons. The summed E-state index contributed by atoms with van der Waals surface area (Å²) in [7, 11) is 0. The van der Waals surface area contributed by atoms with Crippen molar-refractivity contribution in [2.24, 2.45) is 0 Å². The van der Waals surface area contributed by atoms with Crippen LogP contribution in [0.2, 0.25) is 0 Å². The predicted molar refractivity (Wildman–Crippen MR) is 90.3 cm³/mol. The minimum Gasteiger partial charge on any atom is -0.349 e. The molecule has 2 N–H and O–H groups in total. The number of hydrogen-bond acceptors (Lipinski definition) is 3. The van der Waals surface area contributed by atoms with Crippen LogP contribution < -0.4 is 10.6 Å². The molecule has 1 aromatic carbocycles. The zero-order chi connectivity index (χ0) is 14.7. The molecule has 0 saturated carbocycles. The number of carbonyl (C=O) groups is 1. The van der Waals surface area contributed by atoms with Crippen LogP contribution in [0, 0.1) is 5.82 Å². The van der Waals surface area contributed by atoms with E-state index in [1.165, 1.54) is 23.5 Å². The summed E-state index contributed by atoms with van der Waals surface area (Å²) in [6.07, 6.45) is 1.95. The molecule has 1 fully saturated rings. The highest BCUT2D eigenvalue weighted by molar-refractivity contribution is 7.17. The van der Waals surface area contributed by atoms with Gasteiger partial charge in [0.15, 0.2) is 0 Å². The van der Waals surface area contributed by atoms with E-state index in [4.69, 9.17) is 0 Å². The van der Waals surface area contributed by atoms with Crippen molar-refractivity contribution in [1.82, 2.24) is 10.6 Å². The lowest BCUT2D eigenvalue weighted by Gasteiger charge is -2.23. The van der Waals surface area contributed by atoms with Crippen LogP contribution in [0.1, 0.15) is 22.5 Å². The topological polar surface area (TPSA) is 41.1 Å². The number of piperidine rings is 1. The summed E-state index contributed by atoms with van der Waals surface area (Å²) in [6.45, 7) is 1.91. The average molecular weight is 341 g/mol. The molecule has 1 aliphatic heterocycles. The monoisotopic (exact) mass is 340 g/mol. The predicted octanol–water partition coefficient (Wildman–Crippen LogP) is 3.46. The van der Waals surface area contributed by atoms with E-state index in [2.05, 4.69) is 10.6 Å². The van der Waals surface area contributed by atoms with Crippen LogP contribution in [-0.2, 0) is 0 Å². The van der Waals surface area contributed by atoms with Gasteiger partial charge >= 0.3 is 0 Å². The number of halogens is 2. The minimum atomic E-state index is -0.251. The first-order chi connectivity index (χ1) is 10.2. The van der Waals surface area contributed by atoms with Crippen LogP contribution in [-0.4, -0.2) is 25.0 Å². The molecule has 0 spiro atoms. The number of carbonyl (C=O) groups excluding carboxylic acids is 1. The lowest BCUT2D eigenvalue weighted by Crippen LogP contribution is -2.42. The van der Waals surface area contributed by atoms with Crippen LogP contribution in [0.3, 0.4) is 0 Å². The Kier molecular flexibility index (Phi) is 5.94. The van der Waals surface area contributed by atoms with E-state index in [0.717, 1.165) is 36.4 Å². The number of rotatable bonds is 3. The van der Waals surface area contributed by atoms with Gasteiger partial charge in [0.2, 0.25) is 0 Å². The molecule has 2 aromatic rings. The summed E-state index contributed by atoms with van der Waals surface area (Å²) in [5.41, 5.74) is 0.933. The molecule has 0 radical (unpaired) electrons. The van der Waals surface area contributed by atoms with Crippen molar-refractivity contribution in [3.8, 4) is 10.4 Å². The average Bonchev–Trinajstić information content (AvgIpc) is 2.99. The van der Waals surface area contributed by atoms with Crippen LogP contribution in [0.4, 0.5) is 4.39 Å². The molecule has 2 heterocycles. The van der Waals surface area contributed by atoms with Gasteiger partial charge in [0.1, 0.15) is 5.82 Å². The second-order valence-electron chi connectivity index (χ2n) is 5.17. The molecule has 0 aliphatic carbocycles. The van der Waals surface area contributed by atoms with E-state index in [0.29, 0.717) is 4.88 Å². The van der Waals surface area contributed by atoms with Crippen LogP contribution in [0.25, 0.3) is 10.4 Å². The molecule has 6 heteroatoms. The Morgan fingerprint density at radius 2 is 1.82 bits per heavy atom. The molecule has 3 nitrogen and oxygen atoms in total. The van der Waals surface area contributed by atoms with Gasteiger partial charge in [-0.1, -0.05) is 12.1 Å². The van der Waals surface area contributed by atoms with Crippen LogP contribution >= 0.6 is 23.7 Å². The van der Waals surface area contributed by atoms with Gasteiger partial charge in [-0.3, -0.25) is 4.79 Å².